The molecule has 0 atom stereocenters. The standard InChI is InChI=1S/C2H3NOPS/c1-2(4)3-5-6/h1H3. The number of amides is 1. The predicted octanol–water partition coefficient (Wildman–Crippen LogP) is 0.460. The van der Waals surface area contributed by atoms with Crippen LogP contribution in [0.3, 0.4) is 0 Å². The summed E-state index contributed by atoms with van der Waals surface area (Å²) in [5, 5.41) is 3.27. The molecule has 0 bridgehead atoms. The molecule has 0 N–H and O–H groups in total. The maximum absolute atomic E-state index is 9.80. The molecule has 2 nitrogen and oxygen atoms in total. The molecule has 33 valence electrons. The molecular weight excluding hydrogens is 117 g/mol. The minimum Gasteiger partial charge on any atom is -0.273 e. The number of nitrogens with zero attached hydrogens (tertiary/aromatic N) is 1. The van der Waals surface area contributed by atoms with Crippen molar-refractivity contribution in [3.8, 4) is 0 Å². The van der Waals surface area contributed by atoms with Crippen molar-refractivity contribution in [2.45, 2.75) is 6.92 Å². The maximum atomic E-state index is 9.80. The Bertz CT molecular complexity index is 73.9. The smallest absolute Gasteiger partial charge is 0.247 e. The van der Waals surface area contributed by atoms with Gasteiger partial charge in [0.1, 0.15) is 7.51 Å². The lowest BCUT2D eigenvalue weighted by atomic mass is 10.8. The lowest BCUT2D eigenvalue weighted by molar-refractivity contribution is -0.117. The molecule has 0 aromatic rings. The van der Waals surface area contributed by atoms with Crippen LogP contribution in [-0.2, 0) is 16.6 Å². The second-order valence-electron chi connectivity index (χ2n) is 0.701. The van der Waals surface area contributed by atoms with Gasteiger partial charge in [-0.3, -0.25) is 4.79 Å². The molecule has 0 heterocycles. The van der Waals surface area contributed by atoms with Crippen molar-refractivity contribution in [2.75, 3.05) is 0 Å². The van der Waals surface area contributed by atoms with Gasteiger partial charge in [0.25, 0.3) is 0 Å². The van der Waals surface area contributed by atoms with E-state index in [0.29, 0.717) is 7.51 Å². The zero-order chi connectivity index (χ0) is 4.99. The van der Waals surface area contributed by atoms with Gasteiger partial charge < -0.3 is 0 Å². The Morgan fingerprint density at radius 2 is 2.50 bits per heavy atom. The topological polar surface area (TPSA) is 31.2 Å². The van der Waals surface area contributed by atoms with E-state index in [1.807, 2.05) is 0 Å². The number of hydrogen-bond acceptors (Lipinski definition) is 2. The van der Waals surface area contributed by atoms with Crippen LogP contribution in [0.2, 0.25) is 0 Å². The normalized spacial score (nSPS) is 8.17. The van der Waals surface area contributed by atoms with Gasteiger partial charge in [0.05, 0.1) is 0 Å². The first-order valence-corrected chi connectivity index (χ1v) is 3.17. The minimum absolute atomic E-state index is 0.202. The summed E-state index contributed by atoms with van der Waals surface area (Å²) in [6, 6.07) is 0. The second kappa shape index (κ2) is 3.19. The maximum Gasteiger partial charge on any atom is 0.247 e. The second-order valence-corrected chi connectivity index (χ2v) is 1.55. The zero-order valence-corrected chi connectivity index (χ0v) is 4.92. The minimum atomic E-state index is -0.202. The van der Waals surface area contributed by atoms with Crippen molar-refractivity contribution in [2.24, 2.45) is 0 Å². The predicted molar refractivity (Wildman–Crippen MR) is 27.1 cm³/mol. The first kappa shape index (κ1) is 5.99. The van der Waals surface area contributed by atoms with Crippen molar-refractivity contribution in [1.82, 2.24) is 5.09 Å². The summed E-state index contributed by atoms with van der Waals surface area (Å²) in [6.45, 7) is 1.37. The highest BCUT2D eigenvalue weighted by Gasteiger charge is 1.82. The third kappa shape index (κ3) is 3.99. The van der Waals surface area contributed by atoms with Gasteiger partial charge in [-0.1, -0.05) is 0 Å². The van der Waals surface area contributed by atoms with E-state index in [1.54, 1.807) is 0 Å². The fraction of sp³-hybridized carbons (Fsp3) is 0.500. The van der Waals surface area contributed by atoms with Crippen molar-refractivity contribution in [1.29, 1.82) is 0 Å². The molecule has 1 amide bonds. The lowest BCUT2D eigenvalue weighted by Gasteiger charge is -1.74. The van der Waals surface area contributed by atoms with Crippen molar-refractivity contribution >= 4 is 25.2 Å². The molecule has 0 aliphatic rings. The first-order valence-electron chi connectivity index (χ1n) is 1.31. The molecule has 0 aliphatic carbocycles. The van der Waals surface area contributed by atoms with E-state index in [-0.39, 0.29) is 5.91 Å². The van der Waals surface area contributed by atoms with E-state index in [4.69, 9.17) is 0 Å². The Labute approximate surface area is 42.8 Å². The first-order chi connectivity index (χ1) is 2.77. The molecule has 0 saturated heterocycles. The molecule has 0 rings (SSSR count). The molecule has 1 radical (unpaired) electrons. The summed E-state index contributed by atoms with van der Waals surface area (Å²) in [5.41, 5.74) is 0. The fourth-order valence-electron chi connectivity index (χ4n) is 0.0575. The van der Waals surface area contributed by atoms with E-state index < -0.39 is 0 Å². The molecule has 0 fully saturated rings. The molecule has 0 aromatic carbocycles. The monoisotopic (exact) mass is 120 g/mol. The van der Waals surface area contributed by atoms with E-state index >= 15 is 0 Å². The summed E-state index contributed by atoms with van der Waals surface area (Å²) in [5.74, 6) is -0.202. The van der Waals surface area contributed by atoms with Gasteiger partial charge in [0, 0.05) is 6.92 Å². The molecule has 0 unspecified atom stereocenters. The van der Waals surface area contributed by atoms with Gasteiger partial charge in [-0.05, 0) is 11.8 Å². The third-order valence-corrected chi connectivity index (χ3v) is 0.790. The van der Waals surface area contributed by atoms with Crippen molar-refractivity contribution in [3.63, 3.8) is 0 Å². The Balaban J connectivity index is 3.05. The van der Waals surface area contributed by atoms with Gasteiger partial charge in [0.2, 0.25) is 5.91 Å². The van der Waals surface area contributed by atoms with Crippen LogP contribution in [0.5, 0.6) is 0 Å². The van der Waals surface area contributed by atoms with E-state index in [1.165, 1.54) is 6.92 Å². The highest BCUT2D eigenvalue weighted by molar-refractivity contribution is 7.95. The van der Waals surface area contributed by atoms with Gasteiger partial charge >= 0.3 is 0 Å². The van der Waals surface area contributed by atoms with Crippen LogP contribution in [0.15, 0.2) is 0 Å². The summed E-state index contributed by atoms with van der Waals surface area (Å²) in [7, 11) is 0.383. The molecule has 0 spiro atoms. The van der Waals surface area contributed by atoms with Crippen LogP contribution in [0.25, 0.3) is 0 Å². The Hall–Kier alpha value is -0.0100. The number of rotatable bonds is 1. The SMILES string of the molecule is CC(=O)[N]P=S. The Morgan fingerprint density at radius 3 is 2.50 bits per heavy atom. The molecule has 0 saturated carbocycles. The molecule has 6 heavy (non-hydrogen) atoms. The Morgan fingerprint density at radius 1 is 2.00 bits per heavy atom. The largest absolute Gasteiger partial charge is 0.273 e. The van der Waals surface area contributed by atoms with Crippen LogP contribution >= 0.6 is 7.51 Å². The quantitative estimate of drug-likeness (QED) is 0.471. The highest BCUT2D eigenvalue weighted by Crippen LogP contribution is 1.81. The number of hydrogen-bond donors (Lipinski definition) is 0. The van der Waals surface area contributed by atoms with E-state index in [9.17, 15) is 4.79 Å². The molecule has 0 aliphatic heterocycles. The van der Waals surface area contributed by atoms with E-state index in [2.05, 4.69) is 16.9 Å². The van der Waals surface area contributed by atoms with Crippen LogP contribution in [0, 0.1) is 0 Å². The van der Waals surface area contributed by atoms with Crippen LogP contribution in [0.4, 0.5) is 0 Å². The average molecular weight is 120 g/mol. The van der Waals surface area contributed by atoms with Crippen LogP contribution in [-0.4, -0.2) is 5.91 Å². The van der Waals surface area contributed by atoms with Crippen molar-refractivity contribution in [3.05, 3.63) is 0 Å². The molecule has 0 aromatic heterocycles. The third-order valence-electron chi connectivity index (χ3n) is 0.182. The summed E-state index contributed by atoms with van der Waals surface area (Å²) in [4.78, 5) is 9.80. The zero-order valence-electron chi connectivity index (χ0n) is 3.21. The summed E-state index contributed by atoms with van der Waals surface area (Å²) < 4.78 is 0. The van der Waals surface area contributed by atoms with Gasteiger partial charge in [0.15, 0.2) is 0 Å². The van der Waals surface area contributed by atoms with Crippen molar-refractivity contribution < 1.29 is 4.79 Å². The number of carbonyl (C=O) groups is 1. The summed E-state index contributed by atoms with van der Waals surface area (Å²) in [6.07, 6.45) is 0. The lowest BCUT2D eigenvalue weighted by Crippen LogP contribution is -1.95. The van der Waals surface area contributed by atoms with Crippen LogP contribution < -0.4 is 5.09 Å². The molecular formula is C2H3NOPS. The van der Waals surface area contributed by atoms with Gasteiger partial charge in [-0.25, -0.2) is 0 Å². The Kier molecular flexibility index (Phi) is 3.19. The van der Waals surface area contributed by atoms with Gasteiger partial charge in [-0.15, -0.1) is 0 Å². The summed E-state index contributed by atoms with van der Waals surface area (Å²) >= 11 is 4.31. The fourth-order valence-corrected chi connectivity index (χ4v) is 0.517. The highest BCUT2D eigenvalue weighted by atomic mass is 32.4. The van der Waals surface area contributed by atoms with E-state index in [0.717, 1.165) is 0 Å². The van der Waals surface area contributed by atoms with Gasteiger partial charge in [-0.2, -0.15) is 5.09 Å². The van der Waals surface area contributed by atoms with Crippen LogP contribution in [0.1, 0.15) is 6.92 Å². The average Bonchev–Trinajstić information content (AvgIpc) is 1.35. The molecule has 4 heteroatoms. The number of carbonyl (C=O) groups excluding carboxylic acids is 1.